The van der Waals surface area contributed by atoms with Crippen LogP contribution in [0.1, 0.15) is 19.4 Å². The minimum Gasteiger partial charge on any atom is -0.245 e. The van der Waals surface area contributed by atoms with Gasteiger partial charge in [-0.05, 0) is 66.3 Å². The van der Waals surface area contributed by atoms with E-state index in [-0.39, 0.29) is 5.91 Å². The SMILES string of the molecule is CC1=C(C)C2C(=O)N(c3ccc(F)cc3)C(=O)[N+](Cc3cccc(Cl)c3)=C2S1. The van der Waals surface area contributed by atoms with Gasteiger partial charge in [0.1, 0.15) is 18.0 Å². The lowest BCUT2D eigenvalue weighted by atomic mass is 9.97. The highest BCUT2D eigenvalue weighted by atomic mass is 35.5. The van der Waals surface area contributed by atoms with E-state index in [0.29, 0.717) is 22.3 Å². The molecule has 2 aromatic carbocycles. The maximum absolute atomic E-state index is 13.4. The van der Waals surface area contributed by atoms with Crippen LogP contribution in [0.25, 0.3) is 0 Å². The summed E-state index contributed by atoms with van der Waals surface area (Å²) in [6.07, 6.45) is 0. The second-order valence-electron chi connectivity index (χ2n) is 6.76. The van der Waals surface area contributed by atoms with E-state index >= 15 is 0 Å². The van der Waals surface area contributed by atoms with Crippen LogP contribution in [0.15, 0.2) is 59.0 Å². The van der Waals surface area contributed by atoms with Gasteiger partial charge in [0, 0.05) is 5.02 Å². The molecule has 142 valence electrons. The van der Waals surface area contributed by atoms with E-state index < -0.39 is 17.8 Å². The summed E-state index contributed by atoms with van der Waals surface area (Å²) in [5.41, 5.74) is 2.15. The summed E-state index contributed by atoms with van der Waals surface area (Å²) < 4.78 is 15.0. The lowest BCUT2D eigenvalue weighted by molar-refractivity contribution is -0.443. The number of hydrogen-bond donors (Lipinski definition) is 0. The van der Waals surface area contributed by atoms with Gasteiger partial charge < -0.3 is 0 Å². The van der Waals surface area contributed by atoms with Crippen LogP contribution in [-0.2, 0) is 11.3 Å². The molecule has 0 radical (unpaired) electrons. The molecular weight excluding hydrogens is 399 g/mol. The fourth-order valence-electron chi connectivity index (χ4n) is 3.42. The molecule has 0 bridgehead atoms. The lowest BCUT2D eigenvalue weighted by Gasteiger charge is -2.25. The van der Waals surface area contributed by atoms with E-state index in [2.05, 4.69) is 0 Å². The molecule has 0 saturated carbocycles. The van der Waals surface area contributed by atoms with Crippen LogP contribution in [0.2, 0.25) is 5.02 Å². The molecule has 2 aromatic rings. The van der Waals surface area contributed by atoms with Crippen LogP contribution in [-0.4, -0.2) is 21.6 Å². The first-order valence-electron chi connectivity index (χ1n) is 8.74. The van der Waals surface area contributed by atoms with Crippen molar-refractivity contribution in [1.82, 2.24) is 0 Å². The summed E-state index contributed by atoms with van der Waals surface area (Å²) in [7, 11) is 0. The van der Waals surface area contributed by atoms with Gasteiger partial charge in [-0.15, -0.1) is 4.90 Å². The quantitative estimate of drug-likeness (QED) is 0.646. The second kappa shape index (κ2) is 7.18. The van der Waals surface area contributed by atoms with Gasteiger partial charge in [-0.3, -0.25) is 0 Å². The van der Waals surface area contributed by atoms with E-state index in [1.807, 2.05) is 26.0 Å². The third kappa shape index (κ3) is 3.16. The zero-order chi connectivity index (χ0) is 20.0. The summed E-state index contributed by atoms with van der Waals surface area (Å²) in [5, 5.41) is 1.29. The number of benzene rings is 2. The van der Waals surface area contributed by atoms with Crippen LogP contribution >= 0.6 is 23.4 Å². The highest BCUT2D eigenvalue weighted by molar-refractivity contribution is 8.17. The third-order valence-electron chi connectivity index (χ3n) is 4.96. The molecule has 2 aliphatic heterocycles. The number of imide groups is 1. The molecule has 4 rings (SSSR count). The molecule has 3 amide bonds. The fourth-order valence-corrected chi connectivity index (χ4v) is 4.87. The van der Waals surface area contributed by atoms with E-state index in [1.165, 1.54) is 36.0 Å². The van der Waals surface area contributed by atoms with Crippen LogP contribution < -0.4 is 4.90 Å². The Kier molecular flexibility index (Phi) is 4.85. The average Bonchev–Trinajstić information content (AvgIpc) is 2.95. The number of halogens is 2. The Bertz CT molecular complexity index is 1060. The molecule has 0 fully saturated rings. The van der Waals surface area contributed by atoms with Crippen molar-refractivity contribution in [2.45, 2.75) is 20.4 Å². The van der Waals surface area contributed by atoms with E-state index in [0.717, 1.165) is 20.9 Å². The number of allylic oxidation sites excluding steroid dienone is 1. The van der Waals surface area contributed by atoms with Gasteiger partial charge >= 0.3 is 11.9 Å². The Hall–Kier alpha value is -2.44. The molecular formula is C21H17ClFN2O2S+. The molecule has 0 N–H and O–H groups in total. The van der Waals surface area contributed by atoms with Crippen molar-refractivity contribution in [1.29, 1.82) is 0 Å². The molecule has 7 heteroatoms. The number of carbonyl (C=O) groups excluding carboxylic acids is 2. The molecule has 1 atom stereocenters. The van der Waals surface area contributed by atoms with E-state index in [4.69, 9.17) is 11.6 Å². The number of hydrogen-bond acceptors (Lipinski definition) is 3. The molecule has 4 nitrogen and oxygen atoms in total. The van der Waals surface area contributed by atoms with E-state index in [1.54, 1.807) is 16.7 Å². The molecule has 0 aliphatic carbocycles. The van der Waals surface area contributed by atoms with Crippen molar-refractivity contribution in [2.75, 3.05) is 4.90 Å². The lowest BCUT2D eigenvalue weighted by Crippen LogP contribution is -2.53. The maximum Gasteiger partial charge on any atom is 0.506 e. The number of anilines is 1. The number of nitrogens with zero attached hydrogens (tertiary/aromatic N) is 2. The topological polar surface area (TPSA) is 40.4 Å². The van der Waals surface area contributed by atoms with Crippen molar-refractivity contribution in [3.63, 3.8) is 0 Å². The zero-order valence-electron chi connectivity index (χ0n) is 15.3. The first-order chi connectivity index (χ1) is 13.4. The fraction of sp³-hybridized carbons (Fsp3) is 0.190. The van der Waals surface area contributed by atoms with Gasteiger partial charge in [-0.2, -0.15) is 9.37 Å². The summed E-state index contributed by atoms with van der Waals surface area (Å²) in [4.78, 5) is 28.7. The summed E-state index contributed by atoms with van der Waals surface area (Å²) in [6, 6.07) is 12.2. The minimum absolute atomic E-state index is 0.295. The monoisotopic (exact) mass is 415 g/mol. The summed E-state index contributed by atoms with van der Waals surface area (Å²) in [6.45, 7) is 4.15. The molecule has 0 aromatic heterocycles. The molecule has 2 aliphatic rings. The van der Waals surface area contributed by atoms with Crippen LogP contribution in [0.5, 0.6) is 0 Å². The number of fused-ring (bicyclic) bond motifs is 1. The van der Waals surface area contributed by atoms with Crippen molar-refractivity contribution >= 4 is 46.0 Å². The van der Waals surface area contributed by atoms with E-state index in [9.17, 15) is 14.0 Å². The molecule has 0 spiro atoms. The van der Waals surface area contributed by atoms with Gasteiger partial charge in [0.05, 0.1) is 0 Å². The normalized spacial score (nSPS) is 19.6. The van der Waals surface area contributed by atoms with Crippen molar-refractivity contribution in [2.24, 2.45) is 5.92 Å². The largest absolute Gasteiger partial charge is 0.506 e. The number of amides is 3. The summed E-state index contributed by atoms with van der Waals surface area (Å²) >= 11 is 7.55. The highest BCUT2D eigenvalue weighted by Crippen LogP contribution is 2.42. The molecule has 1 unspecified atom stereocenters. The Balaban J connectivity index is 1.82. The van der Waals surface area contributed by atoms with Crippen LogP contribution in [0.3, 0.4) is 0 Å². The summed E-state index contributed by atoms with van der Waals surface area (Å²) in [5.74, 6) is -1.24. The molecule has 2 heterocycles. The average molecular weight is 416 g/mol. The number of rotatable bonds is 3. The van der Waals surface area contributed by atoms with Crippen molar-refractivity contribution in [3.8, 4) is 0 Å². The van der Waals surface area contributed by atoms with Gasteiger partial charge in [0.2, 0.25) is 0 Å². The minimum atomic E-state index is -0.507. The molecule has 0 saturated heterocycles. The standard InChI is InChI=1S/C21H17ClFN2O2S/c1-12-13(2)28-20-18(12)19(26)25(17-8-6-16(23)7-9-17)21(27)24(20)11-14-4-3-5-15(22)10-14/h3-10,18H,11H2,1-2H3/q+1. The number of carbonyl (C=O) groups is 2. The Morgan fingerprint density at radius 2 is 1.86 bits per heavy atom. The maximum atomic E-state index is 13.4. The third-order valence-corrected chi connectivity index (χ3v) is 6.49. The van der Waals surface area contributed by atoms with Crippen molar-refractivity contribution < 1.29 is 18.6 Å². The number of thioether (sulfide) groups is 1. The predicted octanol–water partition coefficient (Wildman–Crippen LogP) is 5.21. The van der Waals surface area contributed by atoms with Crippen LogP contribution in [0.4, 0.5) is 14.9 Å². The highest BCUT2D eigenvalue weighted by Gasteiger charge is 2.52. The van der Waals surface area contributed by atoms with Gasteiger partial charge in [0.15, 0.2) is 11.0 Å². The second-order valence-corrected chi connectivity index (χ2v) is 8.43. The predicted molar refractivity (Wildman–Crippen MR) is 109 cm³/mol. The zero-order valence-corrected chi connectivity index (χ0v) is 16.9. The molecule has 28 heavy (non-hydrogen) atoms. The van der Waals surface area contributed by atoms with Crippen molar-refractivity contribution in [3.05, 3.63) is 75.4 Å². The Morgan fingerprint density at radius 1 is 1.14 bits per heavy atom. The number of urea groups is 1. The first kappa shape index (κ1) is 18.9. The van der Waals surface area contributed by atoms with Gasteiger partial charge in [0.25, 0.3) is 0 Å². The van der Waals surface area contributed by atoms with Crippen LogP contribution in [0, 0.1) is 11.7 Å². The van der Waals surface area contributed by atoms with Gasteiger partial charge in [-0.25, -0.2) is 9.18 Å². The Morgan fingerprint density at radius 3 is 2.54 bits per heavy atom. The smallest absolute Gasteiger partial charge is 0.245 e. The first-order valence-corrected chi connectivity index (χ1v) is 9.94. The van der Waals surface area contributed by atoms with Gasteiger partial charge in [-0.1, -0.05) is 35.5 Å². The Labute approximate surface area is 171 Å².